The van der Waals surface area contributed by atoms with Gasteiger partial charge in [-0.3, -0.25) is 19.0 Å². The second kappa shape index (κ2) is 9.09. The van der Waals surface area contributed by atoms with E-state index in [4.69, 9.17) is 11.6 Å². The van der Waals surface area contributed by atoms with Crippen LogP contribution in [0.3, 0.4) is 0 Å². The summed E-state index contributed by atoms with van der Waals surface area (Å²) < 4.78 is 1.48. The lowest BCUT2D eigenvalue weighted by molar-refractivity contribution is -0.125. The Hall–Kier alpha value is -3.25. The monoisotopic (exact) mass is 449 g/mol. The van der Waals surface area contributed by atoms with Crippen LogP contribution in [-0.2, 0) is 22.4 Å². The van der Waals surface area contributed by atoms with Gasteiger partial charge in [0.1, 0.15) is 17.6 Å². The molecule has 1 aliphatic heterocycles. The van der Waals surface area contributed by atoms with Crippen LogP contribution in [0.25, 0.3) is 10.9 Å². The van der Waals surface area contributed by atoms with E-state index in [2.05, 4.69) is 16.9 Å². The van der Waals surface area contributed by atoms with E-state index in [9.17, 15) is 14.4 Å². The molecule has 164 valence electrons. The average Bonchev–Trinajstić information content (AvgIpc) is 2.75. The van der Waals surface area contributed by atoms with Crippen LogP contribution < -0.4 is 10.9 Å². The number of piperidine rings is 1. The Kier molecular flexibility index (Phi) is 6.24. The highest BCUT2D eigenvalue weighted by Gasteiger charge is 2.28. The third-order valence-corrected chi connectivity index (χ3v) is 6.07. The number of Topliss-reactive ketones (excluding diaryl/α,β-unsaturated/α-hetero) is 1. The molecule has 1 aliphatic rings. The molecular weight excluding hydrogens is 426 g/mol. The molecule has 1 saturated heterocycles. The highest BCUT2D eigenvalue weighted by atomic mass is 35.5. The van der Waals surface area contributed by atoms with Crippen molar-refractivity contribution >= 4 is 34.2 Å². The summed E-state index contributed by atoms with van der Waals surface area (Å²) in [6.45, 7) is 5.54. The van der Waals surface area contributed by atoms with Crippen molar-refractivity contribution in [2.75, 3.05) is 0 Å². The van der Waals surface area contributed by atoms with Gasteiger partial charge in [0.25, 0.3) is 5.56 Å². The first-order chi connectivity index (χ1) is 15.3. The maximum atomic E-state index is 13.5. The van der Waals surface area contributed by atoms with Gasteiger partial charge in [-0.1, -0.05) is 42.4 Å². The Balaban J connectivity index is 1.61. The van der Waals surface area contributed by atoms with Crippen molar-refractivity contribution in [2.45, 2.75) is 45.1 Å². The molecule has 1 aromatic heterocycles. The molecule has 1 amide bonds. The number of carbonyl (C=O) groups excluding carboxylic acids is 2. The first-order valence-electron chi connectivity index (χ1n) is 10.6. The third kappa shape index (κ3) is 4.50. The molecule has 2 aromatic carbocycles. The Morgan fingerprint density at radius 3 is 2.69 bits per heavy atom. The average molecular weight is 450 g/mol. The maximum Gasteiger partial charge on any atom is 0.262 e. The zero-order chi connectivity index (χ0) is 22.8. The van der Waals surface area contributed by atoms with E-state index in [-0.39, 0.29) is 17.2 Å². The van der Waals surface area contributed by atoms with Crippen molar-refractivity contribution in [3.05, 3.63) is 87.1 Å². The number of hydrogen-bond acceptors (Lipinski definition) is 4. The lowest BCUT2D eigenvalue weighted by Crippen LogP contribution is -2.41. The second-order valence-corrected chi connectivity index (χ2v) is 8.57. The lowest BCUT2D eigenvalue weighted by atomic mass is 9.99. The largest absolute Gasteiger partial charge is 0.329 e. The number of hydrogen-bond donors (Lipinski definition) is 1. The van der Waals surface area contributed by atoms with Crippen LogP contribution >= 0.6 is 11.6 Å². The molecule has 0 aliphatic carbocycles. The standard InChI is InChI=1S/C25H24ClN3O3/c1-15-6-13-22(24(31)27-15)29-16(2)28-21-5-3-4-18(23(21)25(29)32)9-12-20(30)14-17-7-10-19(26)11-8-17/h3-5,7-8,10-11,22H,1,6,9,12-14H2,2H3,(H,27,31). The molecule has 2 heterocycles. The van der Waals surface area contributed by atoms with Crippen molar-refractivity contribution in [3.63, 3.8) is 0 Å². The highest BCUT2D eigenvalue weighted by molar-refractivity contribution is 6.30. The first-order valence-corrected chi connectivity index (χ1v) is 11.0. The number of ketones is 1. The number of nitrogens with zero attached hydrogens (tertiary/aromatic N) is 2. The third-order valence-electron chi connectivity index (χ3n) is 5.81. The van der Waals surface area contributed by atoms with Crippen LogP contribution in [0, 0.1) is 6.92 Å². The highest BCUT2D eigenvalue weighted by Crippen LogP contribution is 2.24. The Morgan fingerprint density at radius 1 is 1.22 bits per heavy atom. The smallest absolute Gasteiger partial charge is 0.262 e. The minimum absolute atomic E-state index is 0.0786. The second-order valence-electron chi connectivity index (χ2n) is 8.13. The van der Waals surface area contributed by atoms with E-state index in [1.807, 2.05) is 24.3 Å². The molecule has 0 spiro atoms. The van der Waals surface area contributed by atoms with E-state index < -0.39 is 6.04 Å². The van der Waals surface area contributed by atoms with Gasteiger partial charge < -0.3 is 5.32 Å². The van der Waals surface area contributed by atoms with Crippen molar-refractivity contribution < 1.29 is 9.59 Å². The molecule has 1 N–H and O–H groups in total. The zero-order valence-electron chi connectivity index (χ0n) is 17.9. The number of aromatic nitrogens is 2. The van der Waals surface area contributed by atoms with Crippen LogP contribution in [0.5, 0.6) is 0 Å². The minimum Gasteiger partial charge on any atom is -0.329 e. The summed E-state index contributed by atoms with van der Waals surface area (Å²) in [6.07, 6.45) is 2.16. The minimum atomic E-state index is -0.621. The number of amides is 1. The molecule has 3 aromatic rings. The van der Waals surface area contributed by atoms with Gasteiger partial charge in [0.15, 0.2) is 0 Å². The van der Waals surface area contributed by atoms with Crippen molar-refractivity contribution in [2.24, 2.45) is 0 Å². The quantitative estimate of drug-likeness (QED) is 0.615. The fraction of sp³-hybridized carbons (Fsp3) is 0.280. The molecule has 0 saturated carbocycles. The molecule has 6 nitrogen and oxygen atoms in total. The van der Waals surface area contributed by atoms with Crippen LogP contribution in [0.2, 0.25) is 5.02 Å². The first kappa shape index (κ1) is 22.0. The number of rotatable bonds is 6. The zero-order valence-corrected chi connectivity index (χ0v) is 18.6. The summed E-state index contributed by atoms with van der Waals surface area (Å²) in [5.74, 6) is 0.323. The number of nitrogens with one attached hydrogen (secondary N) is 1. The van der Waals surface area contributed by atoms with E-state index >= 15 is 0 Å². The number of aryl methyl sites for hydroxylation is 2. The Morgan fingerprint density at radius 2 is 1.97 bits per heavy atom. The van der Waals surface area contributed by atoms with Crippen molar-refractivity contribution in [1.82, 2.24) is 14.9 Å². The topological polar surface area (TPSA) is 81.1 Å². The summed E-state index contributed by atoms with van der Waals surface area (Å²) >= 11 is 5.90. The van der Waals surface area contributed by atoms with Gasteiger partial charge in [0, 0.05) is 23.6 Å². The van der Waals surface area contributed by atoms with E-state index in [0.29, 0.717) is 59.6 Å². The molecule has 1 unspecified atom stereocenters. The van der Waals surface area contributed by atoms with Crippen LogP contribution in [0.1, 0.15) is 42.3 Å². The fourth-order valence-corrected chi connectivity index (χ4v) is 4.32. The van der Waals surface area contributed by atoms with Gasteiger partial charge in [-0.25, -0.2) is 4.98 Å². The van der Waals surface area contributed by atoms with E-state index in [0.717, 1.165) is 11.1 Å². The Labute approximate surface area is 190 Å². The summed E-state index contributed by atoms with van der Waals surface area (Å²) in [4.78, 5) is 43.1. The molecule has 0 radical (unpaired) electrons. The van der Waals surface area contributed by atoms with Crippen molar-refractivity contribution in [1.29, 1.82) is 0 Å². The molecule has 4 rings (SSSR count). The number of benzene rings is 2. The van der Waals surface area contributed by atoms with Gasteiger partial charge >= 0.3 is 0 Å². The van der Waals surface area contributed by atoms with Crippen LogP contribution in [0.15, 0.2) is 59.5 Å². The van der Waals surface area contributed by atoms with Gasteiger partial charge in [0.05, 0.1) is 10.9 Å². The van der Waals surface area contributed by atoms with Gasteiger partial charge in [-0.05, 0) is 55.5 Å². The van der Waals surface area contributed by atoms with Crippen molar-refractivity contribution in [3.8, 4) is 0 Å². The number of halogens is 1. The van der Waals surface area contributed by atoms with E-state index in [1.165, 1.54) is 4.57 Å². The molecule has 32 heavy (non-hydrogen) atoms. The van der Waals surface area contributed by atoms with Crippen LogP contribution in [0.4, 0.5) is 0 Å². The van der Waals surface area contributed by atoms with Gasteiger partial charge in [0.2, 0.25) is 5.91 Å². The summed E-state index contributed by atoms with van der Waals surface area (Å²) in [5.41, 5.74) is 2.65. The predicted octanol–water partition coefficient (Wildman–Crippen LogP) is 4.07. The molecule has 7 heteroatoms. The predicted molar refractivity (Wildman–Crippen MR) is 125 cm³/mol. The van der Waals surface area contributed by atoms with Gasteiger partial charge in [-0.2, -0.15) is 0 Å². The number of allylic oxidation sites excluding steroid dienone is 1. The van der Waals surface area contributed by atoms with E-state index in [1.54, 1.807) is 25.1 Å². The SMILES string of the molecule is C=C1CCC(n2c(C)nc3cccc(CCC(=O)Cc4ccc(Cl)cc4)c3c2=O)C(=O)N1. The summed E-state index contributed by atoms with van der Waals surface area (Å²) in [5, 5.41) is 3.84. The molecule has 0 bridgehead atoms. The number of carbonyl (C=O) groups is 2. The maximum absolute atomic E-state index is 13.5. The Bertz CT molecular complexity index is 1280. The summed E-state index contributed by atoms with van der Waals surface area (Å²) in [7, 11) is 0. The normalized spacial score (nSPS) is 16.2. The fourth-order valence-electron chi connectivity index (χ4n) is 4.20. The molecular formula is C25H24ClN3O3. The molecule has 1 fully saturated rings. The lowest BCUT2D eigenvalue weighted by Gasteiger charge is -2.26. The van der Waals surface area contributed by atoms with Gasteiger partial charge in [-0.15, -0.1) is 0 Å². The molecule has 1 atom stereocenters. The summed E-state index contributed by atoms with van der Waals surface area (Å²) in [6, 6.07) is 12.1. The number of fused-ring (bicyclic) bond motifs is 1. The van der Waals surface area contributed by atoms with Crippen LogP contribution in [-0.4, -0.2) is 21.2 Å².